The Bertz CT molecular complexity index is 559. The van der Waals surface area contributed by atoms with E-state index in [4.69, 9.17) is 0 Å². The second-order valence-corrected chi connectivity index (χ2v) is 5.48. The quantitative estimate of drug-likeness (QED) is 0.919. The lowest BCUT2D eigenvalue weighted by Gasteiger charge is -2.24. The minimum Gasteiger partial charge on any atom is -0.349 e. The van der Waals surface area contributed by atoms with E-state index in [2.05, 4.69) is 25.2 Å². The van der Waals surface area contributed by atoms with Crippen molar-refractivity contribution in [2.45, 2.75) is 18.9 Å². The van der Waals surface area contributed by atoms with Gasteiger partial charge in [0.05, 0.1) is 6.20 Å². The number of aromatic nitrogens is 3. The SMILES string of the molecule is O=C(NC[C@H]1CCCN1c1nccs1)c1cnccn1. The Labute approximate surface area is 120 Å². The molecule has 0 bridgehead atoms. The van der Waals surface area contributed by atoms with Crippen molar-refractivity contribution in [1.29, 1.82) is 0 Å². The number of thiazole rings is 1. The van der Waals surface area contributed by atoms with Gasteiger partial charge in [0.25, 0.3) is 5.91 Å². The largest absolute Gasteiger partial charge is 0.349 e. The van der Waals surface area contributed by atoms with E-state index < -0.39 is 0 Å². The minimum absolute atomic E-state index is 0.177. The van der Waals surface area contributed by atoms with Crippen molar-refractivity contribution >= 4 is 22.4 Å². The molecule has 1 fully saturated rings. The Hall–Kier alpha value is -2.02. The van der Waals surface area contributed by atoms with Gasteiger partial charge in [-0.15, -0.1) is 11.3 Å². The highest BCUT2D eigenvalue weighted by atomic mass is 32.1. The van der Waals surface area contributed by atoms with Crippen molar-refractivity contribution in [3.05, 3.63) is 35.9 Å². The molecule has 1 aliphatic rings. The zero-order valence-electron chi connectivity index (χ0n) is 10.9. The van der Waals surface area contributed by atoms with Gasteiger partial charge in [0.15, 0.2) is 5.13 Å². The summed E-state index contributed by atoms with van der Waals surface area (Å²) in [5.74, 6) is -0.177. The topological polar surface area (TPSA) is 71.0 Å². The van der Waals surface area contributed by atoms with Crippen LogP contribution < -0.4 is 10.2 Å². The Balaban J connectivity index is 1.59. The zero-order valence-corrected chi connectivity index (χ0v) is 11.7. The van der Waals surface area contributed by atoms with Crippen LogP contribution in [0.25, 0.3) is 0 Å². The zero-order chi connectivity index (χ0) is 13.8. The number of anilines is 1. The van der Waals surface area contributed by atoms with E-state index in [-0.39, 0.29) is 5.91 Å². The van der Waals surface area contributed by atoms with Gasteiger partial charge in [-0.2, -0.15) is 0 Å². The molecule has 3 rings (SSSR count). The number of hydrogen-bond donors (Lipinski definition) is 1. The number of nitrogens with one attached hydrogen (secondary N) is 1. The van der Waals surface area contributed by atoms with Gasteiger partial charge >= 0.3 is 0 Å². The average Bonchev–Trinajstić information content (AvgIpc) is 3.16. The van der Waals surface area contributed by atoms with Gasteiger partial charge in [-0.05, 0) is 12.8 Å². The molecule has 2 aromatic rings. The van der Waals surface area contributed by atoms with Crippen LogP contribution in [0.2, 0.25) is 0 Å². The highest BCUT2D eigenvalue weighted by Crippen LogP contribution is 2.26. The predicted octanol–water partition coefficient (Wildman–Crippen LogP) is 1.33. The molecule has 1 amide bonds. The summed E-state index contributed by atoms with van der Waals surface area (Å²) in [5.41, 5.74) is 0.353. The highest BCUT2D eigenvalue weighted by Gasteiger charge is 2.26. The Morgan fingerprint density at radius 3 is 3.10 bits per heavy atom. The fourth-order valence-electron chi connectivity index (χ4n) is 2.37. The molecule has 0 aromatic carbocycles. The summed E-state index contributed by atoms with van der Waals surface area (Å²) in [4.78, 5) is 26.5. The molecule has 0 saturated carbocycles. The highest BCUT2D eigenvalue weighted by molar-refractivity contribution is 7.13. The summed E-state index contributed by atoms with van der Waals surface area (Å²) in [6.45, 7) is 1.61. The first-order valence-electron chi connectivity index (χ1n) is 6.55. The maximum atomic E-state index is 11.9. The van der Waals surface area contributed by atoms with Crippen molar-refractivity contribution in [1.82, 2.24) is 20.3 Å². The first-order valence-corrected chi connectivity index (χ1v) is 7.43. The van der Waals surface area contributed by atoms with Crippen LogP contribution in [0.3, 0.4) is 0 Å². The fraction of sp³-hybridized carbons (Fsp3) is 0.385. The van der Waals surface area contributed by atoms with Crippen molar-refractivity contribution in [2.75, 3.05) is 18.0 Å². The standard InChI is InChI=1S/C13H15N5OS/c19-12(11-9-14-3-4-15-11)17-8-10-2-1-6-18(10)13-16-5-7-20-13/h3-5,7,9-10H,1-2,6,8H2,(H,17,19)/t10-/m1/s1. The van der Waals surface area contributed by atoms with Crippen LogP contribution in [0, 0.1) is 0 Å². The van der Waals surface area contributed by atoms with Gasteiger partial charge in [-0.3, -0.25) is 9.78 Å². The van der Waals surface area contributed by atoms with Crippen LogP contribution in [0.4, 0.5) is 5.13 Å². The fourth-order valence-corrected chi connectivity index (χ4v) is 3.12. The molecule has 2 aromatic heterocycles. The normalized spacial score (nSPS) is 18.2. The van der Waals surface area contributed by atoms with Gasteiger partial charge < -0.3 is 10.2 Å². The molecule has 6 nitrogen and oxygen atoms in total. The third-order valence-corrected chi connectivity index (χ3v) is 4.14. The van der Waals surface area contributed by atoms with Crippen LogP contribution in [0.5, 0.6) is 0 Å². The molecule has 0 unspecified atom stereocenters. The molecule has 1 atom stereocenters. The van der Waals surface area contributed by atoms with Crippen molar-refractivity contribution in [3.63, 3.8) is 0 Å². The maximum Gasteiger partial charge on any atom is 0.271 e. The summed E-state index contributed by atoms with van der Waals surface area (Å²) >= 11 is 1.63. The predicted molar refractivity (Wildman–Crippen MR) is 76.8 cm³/mol. The Morgan fingerprint density at radius 1 is 1.40 bits per heavy atom. The molecule has 104 valence electrons. The smallest absolute Gasteiger partial charge is 0.271 e. The summed E-state index contributed by atoms with van der Waals surface area (Å²) < 4.78 is 0. The molecule has 1 N–H and O–H groups in total. The molecule has 1 aliphatic heterocycles. The molecular formula is C13H15N5OS. The molecular weight excluding hydrogens is 274 g/mol. The minimum atomic E-state index is -0.177. The molecule has 3 heterocycles. The van der Waals surface area contributed by atoms with E-state index in [0.29, 0.717) is 18.3 Å². The molecule has 20 heavy (non-hydrogen) atoms. The number of carbonyl (C=O) groups excluding carboxylic acids is 1. The lowest BCUT2D eigenvalue weighted by Crippen LogP contribution is -2.40. The van der Waals surface area contributed by atoms with Crippen molar-refractivity contribution in [3.8, 4) is 0 Å². The summed E-state index contributed by atoms with van der Waals surface area (Å²) in [6, 6.07) is 0.307. The lowest BCUT2D eigenvalue weighted by molar-refractivity contribution is 0.0946. The number of carbonyl (C=O) groups is 1. The molecule has 0 aliphatic carbocycles. The Kier molecular flexibility index (Phi) is 3.87. The number of hydrogen-bond acceptors (Lipinski definition) is 6. The maximum absolute atomic E-state index is 11.9. The Morgan fingerprint density at radius 2 is 2.35 bits per heavy atom. The van der Waals surface area contributed by atoms with Crippen LogP contribution in [-0.2, 0) is 0 Å². The van der Waals surface area contributed by atoms with E-state index >= 15 is 0 Å². The summed E-state index contributed by atoms with van der Waals surface area (Å²) in [6.07, 6.45) is 8.56. The van der Waals surface area contributed by atoms with E-state index in [1.807, 2.05) is 11.6 Å². The van der Waals surface area contributed by atoms with Crippen LogP contribution >= 0.6 is 11.3 Å². The average molecular weight is 289 g/mol. The van der Waals surface area contributed by atoms with Gasteiger partial charge in [0.2, 0.25) is 0 Å². The molecule has 0 radical (unpaired) electrons. The first kappa shape index (κ1) is 13.0. The van der Waals surface area contributed by atoms with Crippen LogP contribution in [0.15, 0.2) is 30.2 Å². The molecule has 1 saturated heterocycles. The van der Waals surface area contributed by atoms with E-state index in [9.17, 15) is 4.79 Å². The van der Waals surface area contributed by atoms with Gasteiger partial charge in [0.1, 0.15) is 5.69 Å². The number of amides is 1. The first-order chi connectivity index (χ1) is 9.84. The van der Waals surface area contributed by atoms with Crippen molar-refractivity contribution in [2.24, 2.45) is 0 Å². The second kappa shape index (κ2) is 5.96. The van der Waals surface area contributed by atoms with E-state index in [1.165, 1.54) is 12.4 Å². The monoisotopic (exact) mass is 289 g/mol. The lowest BCUT2D eigenvalue weighted by atomic mass is 10.2. The number of rotatable bonds is 4. The third-order valence-electron chi connectivity index (χ3n) is 3.34. The van der Waals surface area contributed by atoms with Gasteiger partial charge in [0, 0.05) is 43.1 Å². The van der Waals surface area contributed by atoms with Crippen LogP contribution in [-0.4, -0.2) is 40.0 Å². The molecule has 0 spiro atoms. The molecule has 7 heteroatoms. The van der Waals surface area contributed by atoms with Gasteiger partial charge in [-0.1, -0.05) is 0 Å². The van der Waals surface area contributed by atoms with E-state index in [1.54, 1.807) is 17.5 Å². The summed E-state index contributed by atoms with van der Waals surface area (Å²) in [5, 5.41) is 5.93. The van der Waals surface area contributed by atoms with Crippen molar-refractivity contribution < 1.29 is 4.79 Å². The van der Waals surface area contributed by atoms with E-state index in [0.717, 1.165) is 24.5 Å². The van der Waals surface area contributed by atoms with Crippen LogP contribution in [0.1, 0.15) is 23.3 Å². The third kappa shape index (κ3) is 2.77. The second-order valence-electron chi connectivity index (χ2n) is 4.60. The number of nitrogens with zero attached hydrogens (tertiary/aromatic N) is 4. The van der Waals surface area contributed by atoms with Gasteiger partial charge in [-0.25, -0.2) is 9.97 Å². The summed E-state index contributed by atoms with van der Waals surface area (Å²) in [7, 11) is 0.